The van der Waals surface area contributed by atoms with E-state index in [-0.39, 0.29) is 28.0 Å². The number of pyridine rings is 2. The SMILES string of the molecule is C#Cc1c(F)ccc2cc(O)cc(-c3ncc4c(N5CC6CCC(C5)N6)nc(N5CC6(COC6)C5)c(C)c4c3F)c12. The number of terminal acetylenes is 1. The number of hydrogen-bond donors (Lipinski definition) is 2. The Morgan fingerprint density at radius 1 is 1.07 bits per heavy atom. The number of piperazine rings is 1. The molecule has 8 rings (SSSR count). The van der Waals surface area contributed by atoms with Crippen LogP contribution in [0.5, 0.6) is 5.75 Å². The Kier molecular flexibility index (Phi) is 5.28. The second-order valence-electron chi connectivity index (χ2n) is 12.1. The molecule has 0 aliphatic carbocycles. The number of benzene rings is 2. The van der Waals surface area contributed by atoms with Gasteiger partial charge in [-0.15, -0.1) is 6.42 Å². The van der Waals surface area contributed by atoms with E-state index in [0.29, 0.717) is 33.6 Å². The van der Waals surface area contributed by atoms with Crippen LogP contribution < -0.4 is 15.1 Å². The molecule has 4 saturated heterocycles. The maximum absolute atomic E-state index is 16.9. The first kappa shape index (κ1) is 24.8. The summed E-state index contributed by atoms with van der Waals surface area (Å²) < 4.78 is 37.2. The number of anilines is 2. The predicted octanol–water partition coefficient (Wildman–Crippen LogP) is 4.50. The van der Waals surface area contributed by atoms with E-state index in [4.69, 9.17) is 16.1 Å². The molecule has 2 bridgehead atoms. The Morgan fingerprint density at radius 2 is 1.83 bits per heavy atom. The Hall–Kier alpha value is -4.00. The van der Waals surface area contributed by atoms with Crippen LogP contribution in [0.3, 0.4) is 0 Å². The molecule has 4 aliphatic heterocycles. The van der Waals surface area contributed by atoms with Gasteiger partial charge in [0.05, 0.1) is 24.2 Å². The van der Waals surface area contributed by atoms with Crippen LogP contribution in [0.4, 0.5) is 20.4 Å². The average molecular weight is 554 g/mol. The third kappa shape index (κ3) is 3.63. The van der Waals surface area contributed by atoms with Crippen molar-refractivity contribution in [1.82, 2.24) is 15.3 Å². The number of phenols is 1. The first-order chi connectivity index (χ1) is 19.8. The summed E-state index contributed by atoms with van der Waals surface area (Å²) in [6.45, 7) is 6.61. The lowest BCUT2D eigenvalue weighted by Gasteiger charge is -2.55. The van der Waals surface area contributed by atoms with E-state index in [0.717, 1.165) is 69.4 Å². The second-order valence-corrected chi connectivity index (χ2v) is 12.1. The van der Waals surface area contributed by atoms with E-state index in [1.807, 2.05) is 6.92 Å². The molecule has 1 spiro atoms. The maximum Gasteiger partial charge on any atom is 0.157 e. The zero-order chi connectivity index (χ0) is 28.0. The molecule has 4 aliphatic rings. The fourth-order valence-corrected chi connectivity index (χ4v) is 7.33. The molecule has 2 unspecified atom stereocenters. The van der Waals surface area contributed by atoms with Gasteiger partial charge in [-0.3, -0.25) is 4.98 Å². The Balaban J connectivity index is 1.36. The van der Waals surface area contributed by atoms with Crippen molar-refractivity contribution in [2.24, 2.45) is 5.41 Å². The molecule has 4 fully saturated rings. The predicted molar refractivity (Wildman–Crippen MR) is 154 cm³/mol. The second kappa shape index (κ2) is 8.75. The fourth-order valence-electron chi connectivity index (χ4n) is 7.33. The number of aromatic nitrogens is 2. The first-order valence-corrected chi connectivity index (χ1v) is 14.1. The molecular weight excluding hydrogens is 524 g/mol. The van der Waals surface area contributed by atoms with Gasteiger partial charge in [0.1, 0.15) is 28.9 Å². The number of rotatable bonds is 3. The van der Waals surface area contributed by atoms with Gasteiger partial charge >= 0.3 is 0 Å². The summed E-state index contributed by atoms with van der Waals surface area (Å²) >= 11 is 0. The van der Waals surface area contributed by atoms with Crippen molar-refractivity contribution in [3.05, 3.63) is 53.2 Å². The topological polar surface area (TPSA) is 73.8 Å². The number of nitrogens with one attached hydrogen (secondary N) is 1. The quantitative estimate of drug-likeness (QED) is 0.362. The normalized spacial score (nSPS) is 22.7. The highest BCUT2D eigenvalue weighted by molar-refractivity contribution is 6.04. The Labute approximate surface area is 236 Å². The highest BCUT2D eigenvalue weighted by atomic mass is 19.1. The molecule has 208 valence electrons. The number of aryl methyl sites for hydroxylation is 1. The van der Waals surface area contributed by atoms with Crippen molar-refractivity contribution >= 4 is 33.2 Å². The summed E-state index contributed by atoms with van der Waals surface area (Å²) in [6.07, 6.45) is 9.59. The number of aromatic hydroxyl groups is 1. The molecule has 2 atom stereocenters. The molecule has 2 aromatic heterocycles. The molecule has 2 N–H and O–H groups in total. The first-order valence-electron chi connectivity index (χ1n) is 14.1. The van der Waals surface area contributed by atoms with Gasteiger partial charge < -0.3 is 25.0 Å². The van der Waals surface area contributed by atoms with Crippen LogP contribution in [0.25, 0.3) is 32.8 Å². The van der Waals surface area contributed by atoms with Crippen LogP contribution in [-0.2, 0) is 4.74 Å². The standard InChI is InChI=1S/C32H29F2N5O2/c1-3-22-25(33)7-4-18-8-21(40)9-23(27(18)22)29-28(34)26-17(2)30(39-13-32(14-39)15-41-16-32)37-31(24(26)10-35-29)38-11-19-5-6-20(12-38)36-19/h1,4,7-10,19-20,36,40H,5-6,11-16H2,2H3. The molecule has 0 radical (unpaired) electrons. The van der Waals surface area contributed by atoms with Crippen molar-refractivity contribution in [3.63, 3.8) is 0 Å². The molecule has 0 saturated carbocycles. The third-order valence-corrected chi connectivity index (χ3v) is 9.32. The van der Waals surface area contributed by atoms with Gasteiger partial charge in [-0.2, -0.15) is 0 Å². The molecule has 6 heterocycles. The van der Waals surface area contributed by atoms with E-state index in [1.165, 1.54) is 24.3 Å². The lowest BCUT2D eigenvalue weighted by molar-refractivity contribution is -0.127. The number of fused-ring (bicyclic) bond motifs is 4. The van der Waals surface area contributed by atoms with E-state index >= 15 is 4.39 Å². The zero-order valence-electron chi connectivity index (χ0n) is 22.7. The molecule has 9 heteroatoms. The van der Waals surface area contributed by atoms with Gasteiger partial charge in [-0.25, -0.2) is 13.8 Å². The van der Waals surface area contributed by atoms with Gasteiger partial charge in [0, 0.05) is 71.7 Å². The highest BCUT2D eigenvalue weighted by Crippen LogP contribution is 2.45. The van der Waals surface area contributed by atoms with Gasteiger partial charge in [-0.05, 0) is 43.4 Å². The summed E-state index contributed by atoms with van der Waals surface area (Å²) in [6, 6.07) is 6.44. The maximum atomic E-state index is 16.9. The number of halogens is 2. The van der Waals surface area contributed by atoms with Crippen LogP contribution in [0.2, 0.25) is 0 Å². The largest absolute Gasteiger partial charge is 0.508 e. The summed E-state index contributed by atoms with van der Waals surface area (Å²) in [5.74, 6) is 2.71. The van der Waals surface area contributed by atoms with Crippen LogP contribution in [0.15, 0.2) is 30.5 Å². The van der Waals surface area contributed by atoms with E-state index in [2.05, 4.69) is 26.0 Å². The molecule has 0 amide bonds. The van der Waals surface area contributed by atoms with Gasteiger partial charge in [-0.1, -0.05) is 12.0 Å². The fraction of sp³-hybridized carbons (Fsp3) is 0.375. The monoisotopic (exact) mass is 553 g/mol. The molecule has 4 aromatic rings. The summed E-state index contributed by atoms with van der Waals surface area (Å²) in [4.78, 5) is 14.2. The number of phenolic OH excluding ortho intramolecular Hbond substituents is 1. The summed E-state index contributed by atoms with van der Waals surface area (Å²) in [5.41, 5.74) is 1.16. The number of hydrogen-bond acceptors (Lipinski definition) is 7. The Bertz CT molecular complexity index is 1790. The zero-order valence-corrected chi connectivity index (χ0v) is 22.7. The van der Waals surface area contributed by atoms with Crippen LogP contribution in [0.1, 0.15) is 24.0 Å². The summed E-state index contributed by atoms with van der Waals surface area (Å²) in [7, 11) is 0. The van der Waals surface area contributed by atoms with Gasteiger partial charge in [0.15, 0.2) is 5.82 Å². The van der Waals surface area contributed by atoms with E-state index in [1.54, 1.807) is 6.20 Å². The van der Waals surface area contributed by atoms with Crippen molar-refractivity contribution < 1.29 is 18.6 Å². The van der Waals surface area contributed by atoms with Crippen molar-refractivity contribution in [1.29, 1.82) is 0 Å². The average Bonchev–Trinajstić information content (AvgIpc) is 3.25. The molecule has 41 heavy (non-hydrogen) atoms. The lowest BCUT2D eigenvalue weighted by Crippen LogP contribution is -2.66. The summed E-state index contributed by atoms with van der Waals surface area (Å²) in [5, 5.41) is 16.1. The number of nitrogens with zero attached hydrogens (tertiary/aromatic N) is 4. The molecular formula is C32H29F2N5O2. The minimum atomic E-state index is -0.585. The van der Waals surface area contributed by atoms with Crippen molar-refractivity contribution in [2.75, 3.05) is 49.2 Å². The van der Waals surface area contributed by atoms with Gasteiger partial charge in [0.25, 0.3) is 0 Å². The van der Waals surface area contributed by atoms with E-state index in [9.17, 15) is 9.50 Å². The number of ether oxygens (including phenoxy) is 1. The van der Waals surface area contributed by atoms with E-state index < -0.39 is 11.6 Å². The third-order valence-electron chi connectivity index (χ3n) is 9.32. The van der Waals surface area contributed by atoms with Crippen molar-refractivity contribution in [2.45, 2.75) is 31.8 Å². The van der Waals surface area contributed by atoms with Crippen LogP contribution >= 0.6 is 0 Å². The minimum absolute atomic E-state index is 0.0107. The van der Waals surface area contributed by atoms with Crippen LogP contribution in [-0.4, -0.2) is 66.6 Å². The van der Waals surface area contributed by atoms with Gasteiger partial charge in [0.2, 0.25) is 0 Å². The van der Waals surface area contributed by atoms with Crippen LogP contribution in [0, 0.1) is 36.3 Å². The minimum Gasteiger partial charge on any atom is -0.508 e. The molecule has 2 aromatic carbocycles. The molecule has 7 nitrogen and oxygen atoms in total. The van der Waals surface area contributed by atoms with Crippen molar-refractivity contribution in [3.8, 4) is 29.4 Å². The Morgan fingerprint density at radius 3 is 2.51 bits per heavy atom. The lowest BCUT2D eigenvalue weighted by atomic mass is 9.78. The highest BCUT2D eigenvalue weighted by Gasteiger charge is 2.50. The smallest absolute Gasteiger partial charge is 0.157 e.